The van der Waals surface area contributed by atoms with Crippen LogP contribution in [0.1, 0.15) is 10.4 Å². The molecule has 0 atom stereocenters. The molecule has 1 aliphatic heterocycles. The Morgan fingerprint density at radius 1 is 1.38 bits per heavy atom. The van der Waals surface area contributed by atoms with Crippen LogP contribution in [0.4, 0.5) is 5.69 Å². The van der Waals surface area contributed by atoms with Gasteiger partial charge in [-0.05, 0) is 28.7 Å². The minimum atomic E-state index is -3.46. The second kappa shape index (κ2) is 8.18. The predicted octanol–water partition coefficient (Wildman–Crippen LogP) is 0.591. The third-order valence-electron chi connectivity index (χ3n) is 3.41. The van der Waals surface area contributed by atoms with Crippen molar-refractivity contribution in [1.82, 2.24) is 9.62 Å². The minimum Gasteiger partial charge on any atom is -0.379 e. The molecule has 9 nitrogen and oxygen atoms in total. The van der Waals surface area contributed by atoms with Gasteiger partial charge in [0.15, 0.2) is 0 Å². The first-order valence-corrected chi connectivity index (χ1v) is 9.78. The van der Waals surface area contributed by atoms with Crippen molar-refractivity contribution in [3.63, 3.8) is 0 Å². The van der Waals surface area contributed by atoms with Gasteiger partial charge in [0.2, 0.25) is 10.0 Å². The van der Waals surface area contributed by atoms with Gasteiger partial charge >= 0.3 is 0 Å². The van der Waals surface area contributed by atoms with Crippen LogP contribution in [0.25, 0.3) is 0 Å². The molecule has 11 heteroatoms. The van der Waals surface area contributed by atoms with E-state index in [-0.39, 0.29) is 23.5 Å². The minimum absolute atomic E-state index is 0.0721. The third-order valence-corrected chi connectivity index (χ3v) is 6.23. The molecule has 0 bridgehead atoms. The molecule has 0 radical (unpaired) electrons. The van der Waals surface area contributed by atoms with Crippen LogP contribution in [-0.4, -0.2) is 62.2 Å². The van der Waals surface area contributed by atoms with E-state index in [2.05, 4.69) is 5.32 Å². The number of morpholine rings is 1. The molecule has 1 aliphatic rings. The average Bonchev–Trinajstić information content (AvgIpc) is 2.55. The molecule has 1 aromatic carbocycles. The lowest BCUT2D eigenvalue weighted by Gasteiger charge is -2.26. The summed E-state index contributed by atoms with van der Waals surface area (Å²) in [6.45, 7) is 1.25. The summed E-state index contributed by atoms with van der Waals surface area (Å²) in [5.74, 6) is -0.773. The number of hydrogen-bond acceptors (Lipinski definition) is 6. The van der Waals surface area contributed by atoms with E-state index in [1.54, 1.807) is 0 Å². The highest BCUT2D eigenvalue weighted by atomic mass is 127. The number of amides is 1. The van der Waals surface area contributed by atoms with E-state index < -0.39 is 20.9 Å². The van der Waals surface area contributed by atoms with E-state index >= 15 is 0 Å². The number of carbonyl (C=O) groups excluding carboxylic acids is 1. The molecule has 2 rings (SSSR count). The van der Waals surface area contributed by atoms with Crippen LogP contribution in [0.5, 0.6) is 0 Å². The number of halogens is 1. The van der Waals surface area contributed by atoms with Crippen molar-refractivity contribution in [3.8, 4) is 0 Å². The molecular weight excluding hydrogens is 453 g/mol. The Morgan fingerprint density at radius 3 is 2.67 bits per heavy atom. The second-order valence-corrected chi connectivity index (χ2v) is 8.26. The van der Waals surface area contributed by atoms with Crippen LogP contribution in [0.3, 0.4) is 0 Å². The number of nitro benzene ring substituents is 1. The van der Waals surface area contributed by atoms with Gasteiger partial charge in [-0.15, -0.1) is 0 Å². The molecule has 0 aliphatic carbocycles. The van der Waals surface area contributed by atoms with Gasteiger partial charge in [-0.3, -0.25) is 14.9 Å². The van der Waals surface area contributed by atoms with E-state index in [9.17, 15) is 23.3 Å². The van der Waals surface area contributed by atoms with Gasteiger partial charge in [0, 0.05) is 35.3 Å². The number of carbonyl (C=O) groups is 1. The number of nitrogens with zero attached hydrogens (tertiary/aromatic N) is 2. The number of nitro groups is 1. The lowest BCUT2D eigenvalue weighted by atomic mass is 10.2. The summed E-state index contributed by atoms with van der Waals surface area (Å²) in [6.07, 6.45) is 0. The topological polar surface area (TPSA) is 119 Å². The van der Waals surface area contributed by atoms with Gasteiger partial charge in [-0.2, -0.15) is 4.31 Å². The molecule has 1 aromatic rings. The Kier molecular flexibility index (Phi) is 6.48. The van der Waals surface area contributed by atoms with Crippen molar-refractivity contribution in [3.05, 3.63) is 37.4 Å². The van der Waals surface area contributed by atoms with Crippen molar-refractivity contribution in [1.29, 1.82) is 0 Å². The lowest BCUT2D eigenvalue weighted by molar-refractivity contribution is -0.384. The summed E-state index contributed by atoms with van der Waals surface area (Å²) in [4.78, 5) is 22.3. The number of sulfonamides is 1. The number of hydrogen-bond donors (Lipinski definition) is 1. The molecule has 1 N–H and O–H groups in total. The van der Waals surface area contributed by atoms with Gasteiger partial charge < -0.3 is 10.1 Å². The zero-order valence-corrected chi connectivity index (χ0v) is 15.6. The molecule has 0 saturated carbocycles. The van der Waals surface area contributed by atoms with Crippen molar-refractivity contribution < 1.29 is 22.9 Å². The summed E-state index contributed by atoms with van der Waals surface area (Å²) in [5, 5.41) is 13.3. The molecule has 24 heavy (non-hydrogen) atoms. The second-order valence-electron chi connectivity index (χ2n) is 5.00. The molecule has 0 spiro atoms. The van der Waals surface area contributed by atoms with Gasteiger partial charge in [0.1, 0.15) is 0 Å². The molecular formula is C13H16IN3O6S. The van der Waals surface area contributed by atoms with Gasteiger partial charge in [0.25, 0.3) is 11.6 Å². The molecule has 132 valence electrons. The van der Waals surface area contributed by atoms with Crippen LogP contribution in [-0.2, 0) is 14.8 Å². The van der Waals surface area contributed by atoms with Crippen LogP contribution in [0.15, 0.2) is 18.2 Å². The molecule has 1 amide bonds. The summed E-state index contributed by atoms with van der Waals surface area (Å²) in [7, 11) is -3.46. The normalized spacial score (nSPS) is 15.9. The van der Waals surface area contributed by atoms with E-state index in [0.29, 0.717) is 29.9 Å². The van der Waals surface area contributed by atoms with Crippen LogP contribution >= 0.6 is 22.6 Å². The Bertz CT molecular complexity index is 733. The molecule has 1 saturated heterocycles. The highest BCUT2D eigenvalue weighted by Gasteiger charge is 2.24. The molecule has 0 unspecified atom stereocenters. The maximum atomic E-state index is 12.1. The lowest BCUT2D eigenvalue weighted by Crippen LogP contribution is -2.43. The van der Waals surface area contributed by atoms with E-state index in [1.165, 1.54) is 22.5 Å². The van der Waals surface area contributed by atoms with Gasteiger partial charge in [0.05, 0.1) is 29.5 Å². The van der Waals surface area contributed by atoms with Gasteiger partial charge in [-0.1, -0.05) is 0 Å². The fourth-order valence-electron chi connectivity index (χ4n) is 2.14. The highest BCUT2D eigenvalue weighted by Crippen LogP contribution is 2.19. The number of benzene rings is 1. The zero-order chi connectivity index (χ0) is 17.7. The number of non-ortho nitro benzene ring substituents is 1. The largest absolute Gasteiger partial charge is 0.379 e. The first-order chi connectivity index (χ1) is 11.3. The summed E-state index contributed by atoms with van der Waals surface area (Å²) in [6, 6.07) is 3.95. The van der Waals surface area contributed by atoms with Crippen molar-refractivity contribution in [2.24, 2.45) is 0 Å². The number of rotatable bonds is 6. The monoisotopic (exact) mass is 469 g/mol. The SMILES string of the molecule is O=C(NCCS(=O)(=O)N1CCOCC1)c1cc([N+](=O)[O-])ccc1I. The fraction of sp³-hybridized carbons (Fsp3) is 0.462. The van der Waals surface area contributed by atoms with Crippen molar-refractivity contribution in [2.75, 3.05) is 38.6 Å². The third kappa shape index (κ3) is 4.84. The highest BCUT2D eigenvalue weighted by molar-refractivity contribution is 14.1. The first kappa shape index (κ1) is 19.0. The van der Waals surface area contributed by atoms with Crippen molar-refractivity contribution >= 4 is 44.2 Å². The standard InChI is InChI=1S/C13H16IN3O6S/c14-12-2-1-10(17(19)20)9-11(12)13(18)15-3-8-24(21,22)16-4-6-23-7-5-16/h1-2,9H,3-8H2,(H,15,18). The van der Waals surface area contributed by atoms with E-state index in [1.807, 2.05) is 22.6 Å². The van der Waals surface area contributed by atoms with E-state index in [0.717, 1.165) is 0 Å². The maximum absolute atomic E-state index is 12.1. The fourth-order valence-corrected chi connectivity index (χ4v) is 4.05. The Labute approximate surface area is 152 Å². The van der Waals surface area contributed by atoms with Crippen LogP contribution in [0.2, 0.25) is 0 Å². The Morgan fingerprint density at radius 2 is 2.04 bits per heavy atom. The van der Waals surface area contributed by atoms with Crippen LogP contribution < -0.4 is 5.32 Å². The molecule has 1 fully saturated rings. The van der Waals surface area contributed by atoms with Gasteiger partial charge in [-0.25, -0.2) is 8.42 Å². The number of ether oxygens (including phenoxy) is 1. The van der Waals surface area contributed by atoms with Crippen molar-refractivity contribution in [2.45, 2.75) is 0 Å². The number of nitrogens with one attached hydrogen (secondary N) is 1. The quantitative estimate of drug-likeness (QED) is 0.370. The Hall–Kier alpha value is -1.31. The summed E-state index contributed by atoms with van der Waals surface area (Å²) >= 11 is 1.89. The maximum Gasteiger partial charge on any atom is 0.270 e. The zero-order valence-electron chi connectivity index (χ0n) is 12.6. The van der Waals surface area contributed by atoms with E-state index in [4.69, 9.17) is 4.74 Å². The average molecular weight is 469 g/mol. The summed E-state index contributed by atoms with van der Waals surface area (Å²) in [5.41, 5.74) is -0.0462. The molecule has 1 heterocycles. The Balaban J connectivity index is 1.96. The van der Waals surface area contributed by atoms with Crippen LogP contribution in [0, 0.1) is 13.7 Å². The first-order valence-electron chi connectivity index (χ1n) is 7.09. The summed E-state index contributed by atoms with van der Waals surface area (Å²) < 4.78 is 31.3. The smallest absolute Gasteiger partial charge is 0.270 e. The predicted molar refractivity (Wildman–Crippen MR) is 94.3 cm³/mol. The molecule has 0 aromatic heterocycles.